The van der Waals surface area contributed by atoms with E-state index in [1.165, 1.54) is 29.2 Å². The van der Waals surface area contributed by atoms with Crippen LogP contribution in [0, 0.1) is 0 Å². The summed E-state index contributed by atoms with van der Waals surface area (Å²) in [4.78, 5) is 2.22. The van der Waals surface area contributed by atoms with E-state index in [4.69, 9.17) is 0 Å². The van der Waals surface area contributed by atoms with E-state index in [0.29, 0.717) is 24.3 Å². The monoisotopic (exact) mass is 641 g/mol. The summed E-state index contributed by atoms with van der Waals surface area (Å²) in [5, 5.41) is 0. The Morgan fingerprint density at radius 3 is 1.18 bits per heavy atom. The summed E-state index contributed by atoms with van der Waals surface area (Å²) in [6, 6.07) is 11.3. The molecule has 0 aliphatic rings. The molecule has 7 nitrogen and oxygen atoms in total. The number of anilines is 3. The highest BCUT2D eigenvalue weighted by Crippen LogP contribution is 2.39. The molecular weight excluding hydrogens is 629 g/mol. The molecule has 0 aliphatic carbocycles. The number of alkyl halides is 9. The van der Waals surface area contributed by atoms with Crippen LogP contribution in [0.2, 0.25) is 0 Å². The molecule has 19 heteroatoms. The minimum atomic E-state index is -5.71. The van der Waals surface area contributed by atoms with Gasteiger partial charge in [0.05, 0.1) is 21.8 Å². The molecule has 0 heterocycles. The van der Waals surface area contributed by atoms with Crippen molar-refractivity contribution >= 4 is 48.8 Å². The summed E-state index contributed by atoms with van der Waals surface area (Å²) in [5.41, 5.74) is -11.1. The molecule has 0 aromatic heterocycles. The van der Waals surface area contributed by atoms with Gasteiger partial charge in [-0.2, -0.15) is 30.7 Å². The van der Waals surface area contributed by atoms with Gasteiger partial charge in [-0.25, -0.2) is 16.8 Å². The third-order valence-corrected chi connectivity index (χ3v) is 8.38. The molecule has 218 valence electrons. The fourth-order valence-corrected chi connectivity index (χ4v) is 4.97. The fraction of sp³-hybridized carbons (Fsp3) is 0.143. The lowest BCUT2D eigenvalue weighted by atomic mass is 10.2. The van der Waals surface area contributed by atoms with Crippen molar-refractivity contribution in [2.45, 2.75) is 32.1 Å². The van der Waals surface area contributed by atoms with E-state index in [2.05, 4.69) is 9.22 Å². The average molecular weight is 642 g/mol. The number of hydrogen-bond donors (Lipinski definition) is 0. The highest BCUT2D eigenvalue weighted by molar-refractivity contribution is 7.94. The second-order valence-electron chi connectivity index (χ2n) is 7.40. The third kappa shape index (κ3) is 7.00. The summed E-state index contributed by atoms with van der Waals surface area (Å²) in [5.74, 6) is 0. The molecule has 0 amide bonds. The normalized spacial score (nSPS) is 13.3. The van der Waals surface area contributed by atoms with Crippen molar-refractivity contribution in [2.24, 2.45) is 0 Å². The van der Waals surface area contributed by atoms with E-state index in [9.17, 15) is 56.3 Å². The van der Waals surface area contributed by atoms with Crippen LogP contribution < -0.4 is 4.90 Å². The van der Waals surface area contributed by atoms with Crippen LogP contribution in [0.15, 0.2) is 87.5 Å². The van der Waals surface area contributed by atoms with E-state index in [1.54, 1.807) is 0 Å². The highest BCUT2D eigenvalue weighted by atomic mass is 32.2. The Labute approximate surface area is 224 Å². The fourth-order valence-electron chi connectivity index (χ4n) is 3.01. The van der Waals surface area contributed by atoms with E-state index < -0.39 is 46.8 Å². The van der Waals surface area contributed by atoms with Crippen LogP contribution in [-0.2, 0) is 28.9 Å². The molecule has 3 aromatic rings. The topological polar surface area (TPSA) is 90.0 Å². The van der Waals surface area contributed by atoms with Crippen molar-refractivity contribution in [2.75, 3.05) is 4.90 Å². The lowest BCUT2D eigenvalue weighted by Crippen LogP contribution is -2.23. The van der Waals surface area contributed by atoms with Crippen molar-refractivity contribution < 1.29 is 65.6 Å². The van der Waals surface area contributed by atoms with Gasteiger partial charge in [-0.3, -0.25) is 0 Å². The Morgan fingerprint density at radius 2 is 0.875 bits per heavy atom. The molecule has 0 saturated carbocycles. The predicted octanol–water partition coefficient (Wildman–Crippen LogP) is 7.22. The second kappa shape index (κ2) is 11.1. The molecule has 0 radical (unpaired) electrons. The molecule has 3 rings (SSSR count). The van der Waals surface area contributed by atoms with E-state index in [0.717, 1.165) is 24.3 Å². The first-order chi connectivity index (χ1) is 18.2. The lowest BCUT2D eigenvalue weighted by molar-refractivity contribution is -0.440. The van der Waals surface area contributed by atoms with Crippen LogP contribution in [0.1, 0.15) is 0 Å². The number of sulfone groups is 2. The summed E-state index contributed by atoms with van der Waals surface area (Å²) in [6.07, 6.45) is -5.08. The van der Waals surface area contributed by atoms with Crippen LogP contribution in [0.3, 0.4) is 0 Å². The number of benzene rings is 3. The first-order valence-electron chi connectivity index (χ1n) is 10.1. The van der Waals surface area contributed by atoms with Gasteiger partial charge in [-0.1, -0.05) is 0 Å². The van der Waals surface area contributed by atoms with Gasteiger partial charge >= 0.3 is 17.4 Å². The molecule has 3 aromatic carbocycles. The van der Waals surface area contributed by atoms with Crippen LogP contribution >= 0.6 is 12.0 Å². The number of rotatable bonds is 8. The Hall–Kier alpha value is -3.00. The Morgan fingerprint density at radius 1 is 0.550 bits per heavy atom. The minimum Gasteiger partial charge on any atom is -0.311 e. The van der Waals surface area contributed by atoms with Crippen LogP contribution in [0.4, 0.5) is 56.6 Å². The van der Waals surface area contributed by atoms with Crippen molar-refractivity contribution in [3.8, 4) is 0 Å². The maximum Gasteiger partial charge on any atom is 0.550 e. The van der Waals surface area contributed by atoms with Gasteiger partial charge in [0.15, 0.2) is 0 Å². The highest BCUT2D eigenvalue weighted by Gasteiger charge is 2.47. The lowest BCUT2D eigenvalue weighted by Gasteiger charge is -2.26. The van der Waals surface area contributed by atoms with Gasteiger partial charge in [0.2, 0.25) is 0 Å². The smallest absolute Gasteiger partial charge is 0.311 e. The van der Waals surface area contributed by atoms with Crippen LogP contribution in [0.5, 0.6) is 0 Å². The maximum absolute atomic E-state index is 12.9. The Balaban J connectivity index is 2.03. The molecule has 0 spiro atoms. The number of hydrogen-bond acceptors (Lipinski definition) is 8. The largest absolute Gasteiger partial charge is 0.550 e. The number of halogens is 9. The summed E-state index contributed by atoms with van der Waals surface area (Å²) >= 11 is 0.166. The molecular formula is C21H12F9NO6S3. The second-order valence-corrected chi connectivity index (χ2v) is 12.1. The number of nitrogens with zero attached hydrogens (tertiary/aromatic N) is 1. The zero-order chi connectivity index (χ0) is 30.1. The molecule has 0 N–H and O–H groups in total. The molecule has 0 fully saturated rings. The first-order valence-corrected chi connectivity index (χ1v) is 13.8. The van der Waals surface area contributed by atoms with Crippen LogP contribution in [-0.4, -0.2) is 34.2 Å². The van der Waals surface area contributed by atoms with Gasteiger partial charge in [0.1, 0.15) is 0 Å². The van der Waals surface area contributed by atoms with Gasteiger partial charge in [-0.05, 0) is 72.8 Å². The standard InChI is InChI=1S/C21H12F9NO6S3/c22-19(23,24)36-37-38-16-7-1-13(2-8-16)31(14-3-9-17(10-4-14)39(32,33)20(25,26)27)15-5-11-18(12-6-15)40(34,35)21(28,29)30/h1-12H. The van der Waals surface area contributed by atoms with Crippen molar-refractivity contribution in [3.63, 3.8) is 0 Å². The third-order valence-electron chi connectivity index (χ3n) is 4.77. The van der Waals surface area contributed by atoms with Crippen LogP contribution in [0.25, 0.3) is 0 Å². The summed E-state index contributed by atoms with van der Waals surface area (Å²) < 4.78 is 164. The quantitative estimate of drug-likeness (QED) is 0.110. The Bertz CT molecular complexity index is 1450. The maximum atomic E-state index is 12.9. The molecule has 0 saturated heterocycles. The minimum absolute atomic E-state index is 0.0235. The molecule has 0 aliphatic heterocycles. The molecule has 0 atom stereocenters. The van der Waals surface area contributed by atoms with Crippen molar-refractivity contribution in [1.29, 1.82) is 0 Å². The predicted molar refractivity (Wildman–Crippen MR) is 122 cm³/mol. The summed E-state index contributed by atoms with van der Waals surface area (Å²) in [6.45, 7) is 0. The van der Waals surface area contributed by atoms with Gasteiger partial charge in [0, 0.05) is 22.0 Å². The molecule has 40 heavy (non-hydrogen) atoms. The average Bonchev–Trinajstić information content (AvgIpc) is 2.84. The summed E-state index contributed by atoms with van der Waals surface area (Å²) in [7, 11) is -11.4. The van der Waals surface area contributed by atoms with Gasteiger partial charge in [0.25, 0.3) is 19.7 Å². The zero-order valence-electron chi connectivity index (χ0n) is 19.0. The molecule has 0 bridgehead atoms. The van der Waals surface area contributed by atoms with E-state index in [1.807, 2.05) is 0 Å². The zero-order valence-corrected chi connectivity index (χ0v) is 21.4. The van der Waals surface area contributed by atoms with E-state index in [-0.39, 0.29) is 34.0 Å². The molecule has 0 unspecified atom stereocenters. The van der Waals surface area contributed by atoms with Gasteiger partial charge < -0.3 is 4.90 Å². The SMILES string of the molecule is O=S(=O)(c1ccc(N(c2ccc(SOOC(F)(F)F)cc2)c2ccc(S(=O)(=O)C(F)(F)F)cc2)cc1)C(F)(F)F. The van der Waals surface area contributed by atoms with E-state index >= 15 is 0 Å². The van der Waals surface area contributed by atoms with Crippen molar-refractivity contribution in [3.05, 3.63) is 72.8 Å². The Kier molecular flexibility index (Phi) is 8.76. The van der Waals surface area contributed by atoms with Crippen molar-refractivity contribution in [1.82, 2.24) is 0 Å². The first kappa shape index (κ1) is 31.5. The van der Waals surface area contributed by atoms with Gasteiger partial charge in [-0.15, -0.1) is 18.1 Å².